The number of anilines is 1. The van der Waals surface area contributed by atoms with Crippen molar-refractivity contribution < 1.29 is 27.4 Å². The van der Waals surface area contributed by atoms with E-state index < -0.39 is 18.0 Å². The van der Waals surface area contributed by atoms with Gasteiger partial charge in [-0.3, -0.25) is 4.79 Å². The first-order chi connectivity index (χ1) is 10.8. The van der Waals surface area contributed by atoms with Gasteiger partial charge in [-0.25, -0.2) is 0 Å². The minimum Gasteiger partial charge on any atom is -0.495 e. The second-order valence-electron chi connectivity index (χ2n) is 4.37. The fourth-order valence-electron chi connectivity index (χ4n) is 1.78. The Labute approximate surface area is 138 Å². The van der Waals surface area contributed by atoms with Crippen LogP contribution in [-0.2, 0) is 0 Å². The Morgan fingerprint density at radius 2 is 1.78 bits per heavy atom. The monoisotopic (exact) mass is 389 g/mol. The second kappa shape index (κ2) is 6.91. The Kier molecular flexibility index (Phi) is 5.15. The molecule has 2 aromatic rings. The molecule has 0 aliphatic heterocycles. The van der Waals surface area contributed by atoms with E-state index in [0.29, 0.717) is 11.4 Å². The highest BCUT2D eigenvalue weighted by atomic mass is 79.9. The zero-order chi connectivity index (χ0) is 17.0. The third-order valence-corrected chi connectivity index (χ3v) is 3.25. The number of nitrogens with one attached hydrogen (secondary N) is 1. The number of rotatable bonds is 4. The van der Waals surface area contributed by atoms with Crippen LogP contribution in [0, 0.1) is 0 Å². The third kappa shape index (κ3) is 4.88. The van der Waals surface area contributed by atoms with Crippen LogP contribution in [0.4, 0.5) is 18.9 Å². The minimum absolute atomic E-state index is 0.182. The van der Waals surface area contributed by atoms with Gasteiger partial charge >= 0.3 is 6.36 Å². The lowest BCUT2D eigenvalue weighted by Crippen LogP contribution is -2.17. The lowest BCUT2D eigenvalue weighted by molar-refractivity contribution is -0.274. The molecule has 23 heavy (non-hydrogen) atoms. The van der Waals surface area contributed by atoms with Crippen molar-refractivity contribution in [2.75, 3.05) is 12.4 Å². The SMILES string of the molecule is COc1ccc(Br)cc1NC(=O)c1ccc(OC(F)(F)F)cc1. The van der Waals surface area contributed by atoms with Gasteiger partial charge in [0.05, 0.1) is 12.8 Å². The second-order valence-corrected chi connectivity index (χ2v) is 5.29. The number of amides is 1. The molecule has 0 atom stereocenters. The number of ether oxygens (including phenoxy) is 2. The van der Waals surface area contributed by atoms with Gasteiger partial charge in [-0.2, -0.15) is 0 Å². The van der Waals surface area contributed by atoms with Gasteiger partial charge in [0, 0.05) is 10.0 Å². The molecular weight excluding hydrogens is 379 g/mol. The van der Waals surface area contributed by atoms with Crippen LogP contribution in [-0.4, -0.2) is 19.4 Å². The van der Waals surface area contributed by atoms with Gasteiger partial charge in [-0.05, 0) is 42.5 Å². The maximum Gasteiger partial charge on any atom is 0.573 e. The highest BCUT2D eigenvalue weighted by Gasteiger charge is 2.31. The van der Waals surface area contributed by atoms with E-state index in [1.54, 1.807) is 18.2 Å². The molecule has 0 aliphatic rings. The van der Waals surface area contributed by atoms with Crippen LogP contribution in [0.25, 0.3) is 0 Å². The van der Waals surface area contributed by atoms with Crippen LogP contribution in [0.3, 0.4) is 0 Å². The number of hydrogen-bond donors (Lipinski definition) is 1. The number of hydrogen-bond acceptors (Lipinski definition) is 3. The highest BCUT2D eigenvalue weighted by molar-refractivity contribution is 9.10. The Bertz CT molecular complexity index is 702. The number of carbonyl (C=O) groups excluding carboxylic acids is 1. The van der Waals surface area contributed by atoms with Gasteiger partial charge in [-0.15, -0.1) is 13.2 Å². The molecule has 4 nitrogen and oxygen atoms in total. The highest BCUT2D eigenvalue weighted by Crippen LogP contribution is 2.28. The van der Waals surface area contributed by atoms with Gasteiger partial charge in [0.1, 0.15) is 11.5 Å². The first kappa shape index (κ1) is 17.1. The van der Waals surface area contributed by atoms with Crippen LogP contribution >= 0.6 is 15.9 Å². The van der Waals surface area contributed by atoms with Crippen LogP contribution in [0.1, 0.15) is 10.4 Å². The molecule has 2 aromatic carbocycles. The van der Waals surface area contributed by atoms with Gasteiger partial charge in [-0.1, -0.05) is 15.9 Å². The number of carbonyl (C=O) groups is 1. The Hall–Kier alpha value is -2.22. The van der Waals surface area contributed by atoms with E-state index in [1.807, 2.05) is 0 Å². The first-order valence-corrected chi connectivity index (χ1v) is 7.08. The molecule has 122 valence electrons. The molecule has 0 aliphatic carbocycles. The largest absolute Gasteiger partial charge is 0.573 e. The molecule has 0 radical (unpaired) electrons. The third-order valence-electron chi connectivity index (χ3n) is 2.76. The summed E-state index contributed by atoms with van der Waals surface area (Å²) < 4.78 is 45.9. The lowest BCUT2D eigenvalue weighted by atomic mass is 10.2. The summed E-state index contributed by atoms with van der Waals surface area (Å²) in [6, 6.07) is 9.68. The van der Waals surface area contributed by atoms with Crippen LogP contribution < -0.4 is 14.8 Å². The summed E-state index contributed by atoms with van der Waals surface area (Å²) >= 11 is 3.28. The molecular formula is C15H11BrF3NO3. The molecule has 0 saturated carbocycles. The maximum atomic E-state index is 12.1. The van der Waals surface area contributed by atoms with Crippen molar-refractivity contribution >= 4 is 27.5 Å². The predicted octanol–water partition coefficient (Wildman–Crippen LogP) is 4.61. The van der Waals surface area contributed by atoms with E-state index in [1.165, 1.54) is 19.2 Å². The van der Waals surface area contributed by atoms with Gasteiger partial charge in [0.25, 0.3) is 5.91 Å². The number of methoxy groups -OCH3 is 1. The molecule has 0 saturated heterocycles. The molecule has 8 heteroatoms. The summed E-state index contributed by atoms with van der Waals surface area (Å²) in [5, 5.41) is 2.63. The molecule has 0 unspecified atom stereocenters. The Morgan fingerprint density at radius 3 is 2.35 bits per heavy atom. The van der Waals surface area contributed by atoms with Gasteiger partial charge in [0.2, 0.25) is 0 Å². The number of benzene rings is 2. The average Bonchev–Trinajstić information content (AvgIpc) is 2.46. The van der Waals surface area contributed by atoms with E-state index in [9.17, 15) is 18.0 Å². The van der Waals surface area contributed by atoms with E-state index in [0.717, 1.165) is 16.6 Å². The van der Waals surface area contributed by atoms with E-state index in [-0.39, 0.29) is 5.56 Å². The van der Waals surface area contributed by atoms with Crippen molar-refractivity contribution in [3.8, 4) is 11.5 Å². The molecule has 2 rings (SSSR count). The van der Waals surface area contributed by atoms with Crippen LogP contribution in [0.15, 0.2) is 46.9 Å². The molecule has 1 N–H and O–H groups in total. The summed E-state index contributed by atoms with van der Waals surface area (Å²) in [6.45, 7) is 0. The van der Waals surface area contributed by atoms with Crippen molar-refractivity contribution in [3.05, 3.63) is 52.5 Å². The zero-order valence-corrected chi connectivity index (χ0v) is 13.4. The van der Waals surface area contributed by atoms with Crippen molar-refractivity contribution in [2.24, 2.45) is 0 Å². The number of alkyl halides is 3. The van der Waals surface area contributed by atoms with E-state index >= 15 is 0 Å². The summed E-state index contributed by atoms with van der Waals surface area (Å²) in [5.74, 6) is -0.424. The van der Waals surface area contributed by atoms with E-state index in [4.69, 9.17) is 4.74 Å². The summed E-state index contributed by atoms with van der Waals surface area (Å²) in [5.41, 5.74) is 0.615. The smallest absolute Gasteiger partial charge is 0.495 e. The molecule has 0 heterocycles. The number of halogens is 4. The van der Waals surface area contributed by atoms with Crippen LogP contribution in [0.5, 0.6) is 11.5 Å². The predicted molar refractivity (Wildman–Crippen MR) is 81.8 cm³/mol. The minimum atomic E-state index is -4.77. The lowest BCUT2D eigenvalue weighted by Gasteiger charge is -2.11. The first-order valence-electron chi connectivity index (χ1n) is 6.29. The fraction of sp³-hybridized carbons (Fsp3) is 0.133. The topological polar surface area (TPSA) is 47.6 Å². The standard InChI is InChI=1S/C15H11BrF3NO3/c1-22-13-7-4-10(16)8-12(13)20-14(21)9-2-5-11(6-3-9)23-15(17,18)19/h2-8H,1H3,(H,20,21). The quantitative estimate of drug-likeness (QED) is 0.830. The molecule has 0 spiro atoms. The normalized spacial score (nSPS) is 11.0. The zero-order valence-electron chi connectivity index (χ0n) is 11.8. The van der Waals surface area contributed by atoms with Crippen molar-refractivity contribution in [2.45, 2.75) is 6.36 Å². The maximum absolute atomic E-state index is 12.1. The Balaban J connectivity index is 2.14. The van der Waals surface area contributed by atoms with Crippen molar-refractivity contribution in [1.29, 1.82) is 0 Å². The van der Waals surface area contributed by atoms with Gasteiger partial charge < -0.3 is 14.8 Å². The van der Waals surface area contributed by atoms with E-state index in [2.05, 4.69) is 26.0 Å². The molecule has 1 amide bonds. The summed E-state index contributed by atoms with van der Waals surface area (Å²) in [7, 11) is 1.46. The fourth-order valence-corrected chi connectivity index (χ4v) is 2.14. The van der Waals surface area contributed by atoms with Crippen molar-refractivity contribution in [3.63, 3.8) is 0 Å². The van der Waals surface area contributed by atoms with Crippen LogP contribution in [0.2, 0.25) is 0 Å². The summed E-state index contributed by atoms with van der Waals surface area (Å²) in [6.07, 6.45) is -4.77. The molecule has 0 bridgehead atoms. The summed E-state index contributed by atoms with van der Waals surface area (Å²) in [4.78, 5) is 12.1. The van der Waals surface area contributed by atoms with Gasteiger partial charge in [0.15, 0.2) is 0 Å². The molecule has 0 fully saturated rings. The average molecular weight is 390 g/mol. The van der Waals surface area contributed by atoms with Crippen molar-refractivity contribution in [1.82, 2.24) is 0 Å². The Morgan fingerprint density at radius 1 is 1.13 bits per heavy atom. The molecule has 0 aromatic heterocycles.